The number of ether oxygens (including phenoxy) is 1. The number of halogens is 3. The van der Waals surface area contributed by atoms with E-state index in [0.29, 0.717) is 23.7 Å². The summed E-state index contributed by atoms with van der Waals surface area (Å²) in [6, 6.07) is 14.5. The molecule has 0 aliphatic heterocycles. The van der Waals surface area contributed by atoms with Crippen LogP contribution in [0.15, 0.2) is 54.7 Å². The number of anilines is 4. The fourth-order valence-electron chi connectivity index (χ4n) is 3.26. The van der Waals surface area contributed by atoms with E-state index < -0.39 is 11.7 Å². The molecule has 176 valence electrons. The monoisotopic (exact) mass is 458 g/mol. The summed E-state index contributed by atoms with van der Waals surface area (Å²) in [5.41, 5.74) is 1.39. The third-order valence-corrected chi connectivity index (χ3v) is 4.96. The fraction of sp³-hybridized carbons (Fsp3) is 0.360. The minimum Gasteiger partial charge on any atom is -0.494 e. The highest BCUT2D eigenvalue weighted by molar-refractivity contribution is 5.64. The summed E-state index contributed by atoms with van der Waals surface area (Å²) in [6.07, 6.45) is 1.25. The molecule has 0 aliphatic rings. The lowest BCUT2D eigenvalue weighted by molar-refractivity contribution is -0.137. The topological polar surface area (TPSA) is 59.1 Å². The zero-order valence-corrected chi connectivity index (χ0v) is 18.9. The predicted octanol–water partition coefficient (Wildman–Crippen LogP) is 7.50. The van der Waals surface area contributed by atoms with Gasteiger partial charge in [-0.1, -0.05) is 51.3 Å². The van der Waals surface area contributed by atoms with Crippen molar-refractivity contribution in [2.75, 3.05) is 17.2 Å². The molecule has 5 nitrogen and oxygen atoms in total. The van der Waals surface area contributed by atoms with Gasteiger partial charge in [0, 0.05) is 23.6 Å². The Morgan fingerprint density at radius 1 is 0.909 bits per heavy atom. The van der Waals surface area contributed by atoms with Crippen LogP contribution >= 0.6 is 0 Å². The maximum atomic E-state index is 13.6. The molecule has 33 heavy (non-hydrogen) atoms. The van der Waals surface area contributed by atoms with Crippen LogP contribution in [0.3, 0.4) is 0 Å². The number of alkyl halides is 3. The number of hydrogen-bond acceptors (Lipinski definition) is 5. The molecule has 0 bridgehead atoms. The van der Waals surface area contributed by atoms with Gasteiger partial charge >= 0.3 is 6.18 Å². The third kappa shape index (κ3) is 7.37. The van der Waals surface area contributed by atoms with Crippen LogP contribution in [0, 0.1) is 0 Å². The van der Waals surface area contributed by atoms with E-state index in [2.05, 4.69) is 34.4 Å². The molecule has 2 aromatic carbocycles. The highest BCUT2D eigenvalue weighted by atomic mass is 19.4. The average molecular weight is 459 g/mol. The molecular weight excluding hydrogens is 429 g/mol. The van der Waals surface area contributed by atoms with Gasteiger partial charge in [0.25, 0.3) is 0 Å². The molecule has 1 heterocycles. The van der Waals surface area contributed by atoms with E-state index in [9.17, 15) is 13.2 Å². The second-order valence-electron chi connectivity index (χ2n) is 7.73. The number of nitrogens with one attached hydrogen (secondary N) is 2. The number of rotatable bonds is 11. The van der Waals surface area contributed by atoms with E-state index in [1.807, 2.05) is 24.3 Å². The average Bonchev–Trinajstić information content (AvgIpc) is 2.78. The molecule has 0 aliphatic carbocycles. The Morgan fingerprint density at radius 2 is 1.70 bits per heavy atom. The summed E-state index contributed by atoms with van der Waals surface area (Å²) < 4.78 is 46.4. The summed E-state index contributed by atoms with van der Waals surface area (Å²) in [7, 11) is 0. The molecule has 3 rings (SSSR count). The van der Waals surface area contributed by atoms with E-state index in [1.165, 1.54) is 5.56 Å². The van der Waals surface area contributed by atoms with Crippen LogP contribution in [0.1, 0.15) is 50.7 Å². The molecule has 3 aromatic rings. The number of aryl methyl sites for hydroxylation is 1. The van der Waals surface area contributed by atoms with E-state index in [4.69, 9.17) is 4.74 Å². The molecule has 0 saturated heterocycles. The predicted molar refractivity (Wildman–Crippen MR) is 125 cm³/mol. The van der Waals surface area contributed by atoms with Crippen molar-refractivity contribution < 1.29 is 17.9 Å². The van der Waals surface area contributed by atoms with E-state index in [-0.39, 0.29) is 11.8 Å². The van der Waals surface area contributed by atoms with Crippen LogP contribution in [0.5, 0.6) is 5.75 Å². The van der Waals surface area contributed by atoms with Gasteiger partial charge in [0.15, 0.2) is 0 Å². The highest BCUT2D eigenvalue weighted by Crippen LogP contribution is 2.35. The van der Waals surface area contributed by atoms with Gasteiger partial charge in [-0.2, -0.15) is 18.2 Å². The van der Waals surface area contributed by atoms with Crippen molar-refractivity contribution in [3.05, 3.63) is 65.9 Å². The van der Waals surface area contributed by atoms with Gasteiger partial charge in [0.2, 0.25) is 5.95 Å². The van der Waals surface area contributed by atoms with Crippen LogP contribution in [0.4, 0.5) is 36.3 Å². The molecule has 0 fully saturated rings. The highest BCUT2D eigenvalue weighted by Gasteiger charge is 2.35. The summed E-state index contributed by atoms with van der Waals surface area (Å²) in [4.78, 5) is 7.98. The van der Waals surface area contributed by atoms with E-state index in [1.54, 1.807) is 24.3 Å². The Bertz CT molecular complexity index is 1020. The standard InChI is InChI=1S/C25H29F3N4O/c1-3-5-6-15-33-21-10-7-9-20(16-21)30-23-22(25(26,27)28)17-29-24(32-23)31-19-13-11-18(8-4-2)12-14-19/h7,9-14,16-17H,3-6,8,15H2,1-2H3,(H2,29,30,31,32). The number of hydrogen-bond donors (Lipinski definition) is 2. The molecule has 0 saturated carbocycles. The quantitative estimate of drug-likeness (QED) is 0.291. The van der Waals surface area contributed by atoms with E-state index in [0.717, 1.165) is 38.3 Å². The maximum Gasteiger partial charge on any atom is 0.421 e. The van der Waals surface area contributed by atoms with Gasteiger partial charge in [-0.15, -0.1) is 0 Å². The maximum absolute atomic E-state index is 13.6. The third-order valence-electron chi connectivity index (χ3n) is 4.96. The number of unbranched alkanes of at least 4 members (excludes halogenated alkanes) is 2. The first-order valence-electron chi connectivity index (χ1n) is 11.2. The smallest absolute Gasteiger partial charge is 0.421 e. The van der Waals surface area contributed by atoms with Gasteiger partial charge in [0.1, 0.15) is 17.1 Å². The molecule has 2 N–H and O–H groups in total. The van der Waals surface area contributed by atoms with Gasteiger partial charge in [-0.05, 0) is 42.7 Å². The molecule has 1 aromatic heterocycles. The lowest BCUT2D eigenvalue weighted by atomic mass is 10.1. The van der Waals surface area contributed by atoms with Crippen molar-refractivity contribution in [1.82, 2.24) is 9.97 Å². The zero-order valence-electron chi connectivity index (χ0n) is 18.9. The Labute approximate surface area is 192 Å². The van der Waals surface area contributed by atoms with E-state index >= 15 is 0 Å². The van der Waals surface area contributed by atoms with Crippen molar-refractivity contribution in [3.63, 3.8) is 0 Å². The summed E-state index contributed by atoms with van der Waals surface area (Å²) >= 11 is 0. The number of aromatic nitrogens is 2. The Kier molecular flexibility index (Phi) is 8.52. The zero-order chi connectivity index (χ0) is 23.7. The van der Waals surface area contributed by atoms with Crippen molar-refractivity contribution in [2.45, 2.75) is 52.1 Å². The van der Waals surface area contributed by atoms with Gasteiger partial charge in [0.05, 0.1) is 6.61 Å². The SMILES string of the molecule is CCCCCOc1cccc(Nc2nc(Nc3ccc(CCC)cc3)ncc2C(F)(F)F)c1. The minimum atomic E-state index is -4.60. The van der Waals surface area contributed by atoms with Crippen LogP contribution in [-0.4, -0.2) is 16.6 Å². The summed E-state index contributed by atoms with van der Waals surface area (Å²) in [5, 5.41) is 5.76. The second kappa shape index (κ2) is 11.5. The van der Waals surface area contributed by atoms with Crippen LogP contribution in [0.25, 0.3) is 0 Å². The summed E-state index contributed by atoms with van der Waals surface area (Å²) in [6.45, 7) is 4.77. The van der Waals surface area contributed by atoms with Crippen molar-refractivity contribution >= 4 is 23.1 Å². The molecular formula is C25H29F3N4O. The fourth-order valence-corrected chi connectivity index (χ4v) is 3.26. The lowest BCUT2D eigenvalue weighted by Crippen LogP contribution is -2.12. The molecule has 8 heteroatoms. The first-order valence-corrected chi connectivity index (χ1v) is 11.2. The van der Waals surface area contributed by atoms with Gasteiger partial charge in [-0.3, -0.25) is 0 Å². The van der Waals surface area contributed by atoms with Gasteiger partial charge in [-0.25, -0.2) is 4.98 Å². The Hall–Kier alpha value is -3.29. The first kappa shape index (κ1) is 24.4. The normalized spacial score (nSPS) is 11.3. The second-order valence-corrected chi connectivity index (χ2v) is 7.73. The minimum absolute atomic E-state index is 0.0701. The molecule has 0 atom stereocenters. The van der Waals surface area contributed by atoms with Crippen LogP contribution < -0.4 is 15.4 Å². The Morgan fingerprint density at radius 3 is 2.39 bits per heavy atom. The molecule has 0 amide bonds. The largest absolute Gasteiger partial charge is 0.494 e. The summed E-state index contributed by atoms with van der Waals surface area (Å²) in [5.74, 6) is 0.329. The van der Waals surface area contributed by atoms with Crippen LogP contribution in [-0.2, 0) is 12.6 Å². The van der Waals surface area contributed by atoms with Gasteiger partial charge < -0.3 is 15.4 Å². The first-order chi connectivity index (χ1) is 15.9. The molecule has 0 spiro atoms. The lowest BCUT2D eigenvalue weighted by Gasteiger charge is -2.15. The van der Waals surface area contributed by atoms with Crippen molar-refractivity contribution in [3.8, 4) is 5.75 Å². The molecule has 0 radical (unpaired) electrons. The van der Waals surface area contributed by atoms with Crippen LogP contribution in [0.2, 0.25) is 0 Å². The van der Waals surface area contributed by atoms with Crippen molar-refractivity contribution in [2.24, 2.45) is 0 Å². The Balaban J connectivity index is 1.79. The van der Waals surface area contributed by atoms with Crippen molar-refractivity contribution in [1.29, 1.82) is 0 Å². The number of nitrogens with zero attached hydrogens (tertiary/aromatic N) is 2. The number of benzene rings is 2. The molecule has 0 unspecified atom stereocenters.